The van der Waals surface area contributed by atoms with Gasteiger partial charge in [-0.2, -0.15) is 10.5 Å². The number of nitrogen functional groups attached to an aromatic ring is 1. The van der Waals surface area contributed by atoms with E-state index in [1.165, 1.54) is 0 Å². The number of nitrogens with zero attached hydrogens (tertiary/aromatic N) is 2. The molecule has 0 bridgehead atoms. The molecule has 0 saturated carbocycles. The molecule has 1 aromatic heterocycles. The third-order valence-electron chi connectivity index (χ3n) is 4.08. The first kappa shape index (κ1) is 15.3. The fraction of sp³-hybridized carbons (Fsp3) is 0.235. The van der Waals surface area contributed by atoms with E-state index in [1.807, 2.05) is 45.9 Å². The number of aryl methyl sites for hydroxylation is 2. The molecule has 2 rings (SSSR count). The molecule has 0 amide bonds. The highest BCUT2D eigenvalue weighted by atomic mass is 16.1. The van der Waals surface area contributed by atoms with Crippen LogP contribution in [-0.4, -0.2) is 4.98 Å². The quantitative estimate of drug-likeness (QED) is 0.842. The molecule has 0 unspecified atom stereocenters. The van der Waals surface area contributed by atoms with Crippen LogP contribution < -0.4 is 11.3 Å². The van der Waals surface area contributed by atoms with Gasteiger partial charge in [0.05, 0.1) is 0 Å². The van der Waals surface area contributed by atoms with Crippen LogP contribution in [0.25, 0.3) is 11.1 Å². The molecule has 3 N–H and O–H groups in total. The molecular formula is C17H16N4O. The Hall–Kier alpha value is -3.05. The topological polar surface area (TPSA) is 106 Å². The second-order valence-corrected chi connectivity index (χ2v) is 5.35. The van der Waals surface area contributed by atoms with Gasteiger partial charge in [0, 0.05) is 5.56 Å². The predicted octanol–water partition coefficient (Wildman–Crippen LogP) is 2.60. The molecule has 0 spiro atoms. The van der Waals surface area contributed by atoms with Crippen LogP contribution in [0.2, 0.25) is 0 Å². The third-order valence-corrected chi connectivity index (χ3v) is 4.08. The number of hydrogen-bond acceptors (Lipinski definition) is 4. The number of nitrogens with one attached hydrogen (secondary N) is 1. The normalized spacial score (nSPS) is 10.1. The Kier molecular flexibility index (Phi) is 3.75. The Morgan fingerprint density at radius 2 is 1.45 bits per heavy atom. The highest BCUT2D eigenvalue weighted by Gasteiger charge is 2.22. The lowest BCUT2D eigenvalue weighted by Gasteiger charge is -2.18. The van der Waals surface area contributed by atoms with Gasteiger partial charge in [-0.25, -0.2) is 0 Å². The largest absolute Gasteiger partial charge is 0.384 e. The van der Waals surface area contributed by atoms with Crippen molar-refractivity contribution in [3.63, 3.8) is 0 Å². The minimum Gasteiger partial charge on any atom is -0.384 e. The molecular weight excluding hydrogens is 276 g/mol. The minimum atomic E-state index is -0.577. The lowest BCUT2D eigenvalue weighted by atomic mass is 9.86. The molecule has 5 nitrogen and oxygen atoms in total. The van der Waals surface area contributed by atoms with Gasteiger partial charge in [-0.3, -0.25) is 4.79 Å². The Labute approximate surface area is 128 Å². The van der Waals surface area contributed by atoms with Gasteiger partial charge in [-0.15, -0.1) is 0 Å². The fourth-order valence-electron chi connectivity index (χ4n) is 2.69. The number of rotatable bonds is 1. The summed E-state index contributed by atoms with van der Waals surface area (Å²) in [6, 6.07) is 5.96. The van der Waals surface area contributed by atoms with Crippen LogP contribution in [0.1, 0.15) is 33.4 Å². The molecule has 0 saturated heterocycles. The van der Waals surface area contributed by atoms with Gasteiger partial charge in [0.25, 0.3) is 5.56 Å². The summed E-state index contributed by atoms with van der Waals surface area (Å²) in [4.78, 5) is 14.4. The standard InChI is InChI=1S/C17H16N4O/c1-8-5-9(2)11(4)14(10(8)3)15-12(6-18)16(20)21-17(22)13(15)7-19/h5H,1-4H3,(H3,20,21,22). The molecule has 22 heavy (non-hydrogen) atoms. The van der Waals surface area contributed by atoms with Gasteiger partial charge >= 0.3 is 0 Å². The molecule has 0 radical (unpaired) electrons. The summed E-state index contributed by atoms with van der Waals surface area (Å²) >= 11 is 0. The van der Waals surface area contributed by atoms with Crippen molar-refractivity contribution < 1.29 is 0 Å². The third kappa shape index (κ3) is 2.13. The molecule has 5 heteroatoms. The summed E-state index contributed by atoms with van der Waals surface area (Å²) < 4.78 is 0. The van der Waals surface area contributed by atoms with Crippen molar-refractivity contribution in [1.29, 1.82) is 10.5 Å². The number of H-pyrrole nitrogens is 1. The monoisotopic (exact) mass is 292 g/mol. The first-order chi connectivity index (χ1) is 10.3. The van der Waals surface area contributed by atoms with Crippen LogP contribution in [-0.2, 0) is 0 Å². The van der Waals surface area contributed by atoms with Crippen molar-refractivity contribution in [2.45, 2.75) is 27.7 Å². The Morgan fingerprint density at radius 1 is 0.955 bits per heavy atom. The van der Waals surface area contributed by atoms with E-state index >= 15 is 0 Å². The second-order valence-electron chi connectivity index (χ2n) is 5.35. The van der Waals surface area contributed by atoms with Crippen LogP contribution in [0.3, 0.4) is 0 Å². The Balaban J connectivity index is 3.13. The number of pyridine rings is 1. The molecule has 0 atom stereocenters. The van der Waals surface area contributed by atoms with Crippen molar-refractivity contribution in [1.82, 2.24) is 4.98 Å². The number of anilines is 1. The average Bonchev–Trinajstić information content (AvgIpc) is 2.45. The molecule has 2 aromatic rings. The zero-order valence-electron chi connectivity index (χ0n) is 13.0. The van der Waals surface area contributed by atoms with E-state index < -0.39 is 5.56 Å². The van der Waals surface area contributed by atoms with Gasteiger partial charge in [0.1, 0.15) is 29.1 Å². The van der Waals surface area contributed by atoms with Gasteiger partial charge < -0.3 is 10.7 Å². The maximum absolute atomic E-state index is 12.1. The van der Waals surface area contributed by atoms with Crippen molar-refractivity contribution in [2.24, 2.45) is 0 Å². The number of benzene rings is 1. The van der Waals surface area contributed by atoms with E-state index in [0.29, 0.717) is 5.56 Å². The van der Waals surface area contributed by atoms with Crippen molar-refractivity contribution in [3.8, 4) is 23.3 Å². The van der Waals surface area contributed by atoms with E-state index in [4.69, 9.17) is 5.73 Å². The van der Waals surface area contributed by atoms with Crippen molar-refractivity contribution in [2.75, 3.05) is 5.73 Å². The number of nitriles is 2. The lowest BCUT2D eigenvalue weighted by molar-refractivity contribution is 1.19. The zero-order valence-corrected chi connectivity index (χ0v) is 13.0. The van der Waals surface area contributed by atoms with E-state index in [-0.39, 0.29) is 16.9 Å². The van der Waals surface area contributed by atoms with Crippen LogP contribution in [0.4, 0.5) is 5.82 Å². The van der Waals surface area contributed by atoms with Gasteiger partial charge in [-0.1, -0.05) is 6.07 Å². The molecule has 1 heterocycles. The smallest absolute Gasteiger partial charge is 0.268 e. The highest BCUT2D eigenvalue weighted by molar-refractivity contribution is 5.84. The number of aromatic nitrogens is 1. The lowest BCUT2D eigenvalue weighted by Crippen LogP contribution is -2.17. The van der Waals surface area contributed by atoms with Crippen molar-refractivity contribution in [3.05, 3.63) is 49.8 Å². The summed E-state index contributed by atoms with van der Waals surface area (Å²) in [7, 11) is 0. The highest BCUT2D eigenvalue weighted by Crippen LogP contribution is 2.35. The van der Waals surface area contributed by atoms with E-state index in [0.717, 1.165) is 27.8 Å². The van der Waals surface area contributed by atoms with Crippen LogP contribution in [0.15, 0.2) is 10.9 Å². The molecule has 110 valence electrons. The number of hydrogen-bond donors (Lipinski definition) is 2. The van der Waals surface area contributed by atoms with E-state index in [9.17, 15) is 15.3 Å². The van der Waals surface area contributed by atoms with Crippen molar-refractivity contribution >= 4 is 5.82 Å². The minimum absolute atomic E-state index is 0.0144. The van der Waals surface area contributed by atoms with Crippen LogP contribution in [0, 0.1) is 50.4 Å². The van der Waals surface area contributed by atoms with E-state index in [1.54, 1.807) is 0 Å². The molecule has 0 aliphatic carbocycles. The van der Waals surface area contributed by atoms with Gasteiger partial charge in [0.15, 0.2) is 0 Å². The summed E-state index contributed by atoms with van der Waals surface area (Å²) in [6.45, 7) is 7.74. The fourth-order valence-corrected chi connectivity index (χ4v) is 2.69. The number of nitrogens with two attached hydrogens (primary N) is 1. The first-order valence-corrected chi connectivity index (χ1v) is 6.77. The van der Waals surface area contributed by atoms with Gasteiger partial charge in [-0.05, 0) is 55.5 Å². The molecule has 0 aliphatic rings. The van der Waals surface area contributed by atoms with E-state index in [2.05, 4.69) is 4.98 Å². The maximum Gasteiger partial charge on any atom is 0.268 e. The summed E-state index contributed by atoms with van der Waals surface area (Å²) in [5, 5.41) is 18.8. The zero-order chi connectivity index (χ0) is 16.6. The Bertz CT molecular complexity index is 898. The maximum atomic E-state index is 12.1. The number of aromatic amines is 1. The first-order valence-electron chi connectivity index (χ1n) is 6.77. The van der Waals surface area contributed by atoms with Gasteiger partial charge in [0.2, 0.25) is 0 Å². The summed E-state index contributed by atoms with van der Waals surface area (Å²) in [6.07, 6.45) is 0. The summed E-state index contributed by atoms with van der Waals surface area (Å²) in [5.41, 5.74) is 10.2. The average molecular weight is 292 g/mol. The van der Waals surface area contributed by atoms with Crippen LogP contribution in [0.5, 0.6) is 0 Å². The van der Waals surface area contributed by atoms with Crippen LogP contribution >= 0.6 is 0 Å². The second kappa shape index (κ2) is 5.38. The molecule has 1 aromatic carbocycles. The SMILES string of the molecule is Cc1cc(C)c(C)c(-c2c(C#N)c(N)[nH]c(=O)c2C#N)c1C. The molecule has 0 aliphatic heterocycles. The Morgan fingerprint density at radius 3 is 1.91 bits per heavy atom. The molecule has 0 fully saturated rings. The summed E-state index contributed by atoms with van der Waals surface area (Å²) in [5.74, 6) is -0.0144. The predicted molar refractivity (Wildman–Crippen MR) is 85.3 cm³/mol.